The number of cyclic esters (lactones) is 1. The molecule has 4 atom stereocenters. The molecule has 102 valence electrons. The molecule has 0 aromatic carbocycles. The van der Waals surface area contributed by atoms with Gasteiger partial charge in [0.15, 0.2) is 0 Å². The van der Waals surface area contributed by atoms with Crippen molar-refractivity contribution in [3.63, 3.8) is 0 Å². The zero-order chi connectivity index (χ0) is 13.7. The first-order valence-electron chi connectivity index (χ1n) is 6.26. The van der Waals surface area contributed by atoms with Crippen molar-refractivity contribution in [2.45, 2.75) is 52.2 Å². The Balaban J connectivity index is 2.68. The van der Waals surface area contributed by atoms with E-state index in [1.54, 1.807) is 6.92 Å². The first-order valence-corrected chi connectivity index (χ1v) is 6.26. The van der Waals surface area contributed by atoms with Crippen LogP contribution < -0.4 is 0 Å². The highest BCUT2D eigenvalue weighted by molar-refractivity contribution is 5.72. The lowest BCUT2D eigenvalue weighted by Crippen LogP contribution is -2.35. The summed E-state index contributed by atoms with van der Waals surface area (Å²) < 4.78 is 10.4. The van der Waals surface area contributed by atoms with Gasteiger partial charge in [0.05, 0.1) is 6.42 Å². The standard InChI is InChI=1S/C13H20O5/c1-8-4-5-11(9(2)7-14)18-13(16)6-12(8)17-10(3)15/h7-9,11-12H,4-6H2,1-3H3/t8-,9-,11-,12+/m0/s1. The van der Waals surface area contributed by atoms with E-state index < -0.39 is 18.0 Å². The number of hydrogen-bond donors (Lipinski definition) is 0. The van der Waals surface area contributed by atoms with Gasteiger partial charge in [-0.3, -0.25) is 9.59 Å². The van der Waals surface area contributed by atoms with Crippen LogP contribution in [0.1, 0.15) is 40.0 Å². The maximum Gasteiger partial charge on any atom is 0.309 e. The van der Waals surface area contributed by atoms with Crippen molar-refractivity contribution < 1.29 is 23.9 Å². The molecule has 1 rings (SSSR count). The summed E-state index contributed by atoms with van der Waals surface area (Å²) in [6.07, 6.45) is 1.44. The lowest BCUT2D eigenvalue weighted by molar-refractivity contribution is -0.164. The van der Waals surface area contributed by atoms with Crippen LogP contribution in [0.3, 0.4) is 0 Å². The lowest BCUT2D eigenvalue weighted by atomic mass is 9.90. The molecular formula is C13H20O5. The first kappa shape index (κ1) is 14.7. The molecular weight excluding hydrogens is 236 g/mol. The first-order chi connectivity index (χ1) is 8.43. The van der Waals surface area contributed by atoms with Gasteiger partial charge in [-0.15, -0.1) is 0 Å². The zero-order valence-corrected chi connectivity index (χ0v) is 11.0. The minimum atomic E-state index is -0.428. The molecule has 0 saturated carbocycles. The maximum atomic E-state index is 11.7. The molecule has 0 bridgehead atoms. The van der Waals surface area contributed by atoms with Crippen LogP contribution in [-0.4, -0.2) is 30.4 Å². The molecule has 1 fully saturated rings. The second kappa shape index (κ2) is 6.52. The Morgan fingerprint density at radius 2 is 2.17 bits per heavy atom. The Hall–Kier alpha value is -1.39. The summed E-state index contributed by atoms with van der Waals surface area (Å²) in [6.45, 7) is 5.00. The van der Waals surface area contributed by atoms with Gasteiger partial charge in [0, 0.05) is 12.8 Å². The van der Waals surface area contributed by atoms with Gasteiger partial charge < -0.3 is 14.3 Å². The normalized spacial score (nSPS) is 30.6. The third-order valence-electron chi connectivity index (χ3n) is 3.31. The van der Waals surface area contributed by atoms with Gasteiger partial charge in [-0.25, -0.2) is 0 Å². The van der Waals surface area contributed by atoms with Crippen LogP contribution in [0.2, 0.25) is 0 Å². The van der Waals surface area contributed by atoms with Crippen molar-refractivity contribution in [2.24, 2.45) is 11.8 Å². The minimum absolute atomic E-state index is 0.0584. The smallest absolute Gasteiger partial charge is 0.309 e. The minimum Gasteiger partial charge on any atom is -0.462 e. The van der Waals surface area contributed by atoms with Crippen LogP contribution in [0, 0.1) is 11.8 Å². The van der Waals surface area contributed by atoms with Gasteiger partial charge in [0.25, 0.3) is 0 Å². The highest BCUT2D eigenvalue weighted by Crippen LogP contribution is 2.25. The summed E-state index contributed by atoms with van der Waals surface area (Å²) in [5.74, 6) is -1.01. The highest BCUT2D eigenvalue weighted by Gasteiger charge is 2.31. The summed E-state index contributed by atoms with van der Waals surface area (Å²) in [5, 5.41) is 0. The monoisotopic (exact) mass is 256 g/mol. The molecule has 1 saturated heterocycles. The van der Waals surface area contributed by atoms with Crippen LogP contribution in [0.15, 0.2) is 0 Å². The Labute approximate surface area is 107 Å². The van der Waals surface area contributed by atoms with Crippen LogP contribution in [0.4, 0.5) is 0 Å². The summed E-state index contributed by atoms with van der Waals surface area (Å²) in [5.41, 5.74) is 0. The lowest BCUT2D eigenvalue weighted by Gasteiger charge is -2.30. The van der Waals surface area contributed by atoms with Crippen molar-refractivity contribution >= 4 is 18.2 Å². The molecule has 0 radical (unpaired) electrons. The van der Waals surface area contributed by atoms with Gasteiger partial charge in [-0.1, -0.05) is 13.8 Å². The van der Waals surface area contributed by atoms with E-state index in [1.165, 1.54) is 6.92 Å². The number of carbonyl (C=O) groups excluding carboxylic acids is 3. The molecule has 0 aromatic heterocycles. The van der Waals surface area contributed by atoms with E-state index in [0.717, 1.165) is 12.7 Å². The van der Waals surface area contributed by atoms with Crippen LogP contribution in [0.5, 0.6) is 0 Å². The molecule has 5 nitrogen and oxygen atoms in total. The quantitative estimate of drug-likeness (QED) is 0.565. The third kappa shape index (κ3) is 4.13. The van der Waals surface area contributed by atoms with Crippen molar-refractivity contribution in [1.29, 1.82) is 0 Å². The molecule has 18 heavy (non-hydrogen) atoms. The fourth-order valence-corrected chi connectivity index (χ4v) is 2.08. The number of hydrogen-bond acceptors (Lipinski definition) is 5. The molecule has 0 aromatic rings. The number of aldehydes is 1. The number of esters is 2. The van der Waals surface area contributed by atoms with E-state index in [0.29, 0.717) is 6.42 Å². The third-order valence-corrected chi connectivity index (χ3v) is 3.31. The average Bonchev–Trinajstić information content (AvgIpc) is 2.30. The van der Waals surface area contributed by atoms with Crippen molar-refractivity contribution in [3.05, 3.63) is 0 Å². The van der Waals surface area contributed by atoms with Gasteiger partial charge in [0.1, 0.15) is 18.5 Å². The molecule has 0 N–H and O–H groups in total. The molecule has 0 aliphatic carbocycles. The highest BCUT2D eigenvalue weighted by atomic mass is 16.6. The predicted molar refractivity (Wildman–Crippen MR) is 63.7 cm³/mol. The van der Waals surface area contributed by atoms with Crippen molar-refractivity contribution in [2.75, 3.05) is 0 Å². The van der Waals surface area contributed by atoms with Crippen molar-refractivity contribution in [1.82, 2.24) is 0 Å². The van der Waals surface area contributed by atoms with Crippen LogP contribution >= 0.6 is 0 Å². The largest absolute Gasteiger partial charge is 0.462 e. The topological polar surface area (TPSA) is 69.7 Å². The van der Waals surface area contributed by atoms with Gasteiger partial charge >= 0.3 is 11.9 Å². The Kier molecular flexibility index (Phi) is 5.31. The summed E-state index contributed by atoms with van der Waals surface area (Å²) >= 11 is 0. The van der Waals surface area contributed by atoms with E-state index >= 15 is 0 Å². The SMILES string of the molecule is CC(=O)O[C@@H]1CC(=O)O[C@H]([C@@H](C)C=O)CC[C@@H]1C. The average molecular weight is 256 g/mol. The Bertz CT molecular complexity index is 325. The van der Waals surface area contributed by atoms with Crippen LogP contribution in [0.25, 0.3) is 0 Å². The van der Waals surface area contributed by atoms with Gasteiger partial charge in [0.2, 0.25) is 0 Å². The van der Waals surface area contributed by atoms with E-state index in [2.05, 4.69) is 0 Å². The number of rotatable bonds is 3. The van der Waals surface area contributed by atoms with E-state index in [4.69, 9.17) is 9.47 Å². The summed E-state index contributed by atoms with van der Waals surface area (Å²) in [4.78, 5) is 33.4. The second-order valence-corrected chi connectivity index (χ2v) is 4.93. The van der Waals surface area contributed by atoms with E-state index in [1.807, 2.05) is 6.92 Å². The zero-order valence-electron chi connectivity index (χ0n) is 11.0. The van der Waals surface area contributed by atoms with Gasteiger partial charge in [-0.05, 0) is 18.8 Å². The molecule has 0 amide bonds. The Morgan fingerprint density at radius 3 is 2.72 bits per heavy atom. The molecule has 1 aliphatic heterocycles. The summed E-state index contributed by atoms with van der Waals surface area (Å²) in [7, 11) is 0. The van der Waals surface area contributed by atoms with Crippen LogP contribution in [-0.2, 0) is 23.9 Å². The number of ether oxygens (including phenoxy) is 2. The fourth-order valence-electron chi connectivity index (χ4n) is 2.08. The molecule has 0 spiro atoms. The second-order valence-electron chi connectivity index (χ2n) is 4.93. The number of carbonyl (C=O) groups is 3. The Morgan fingerprint density at radius 1 is 1.50 bits per heavy atom. The van der Waals surface area contributed by atoms with E-state index in [9.17, 15) is 14.4 Å². The molecule has 0 unspecified atom stereocenters. The molecule has 1 aliphatic rings. The summed E-state index contributed by atoms with van der Waals surface area (Å²) in [6, 6.07) is 0. The molecule has 1 heterocycles. The molecule has 5 heteroatoms. The van der Waals surface area contributed by atoms with Gasteiger partial charge in [-0.2, -0.15) is 0 Å². The van der Waals surface area contributed by atoms with E-state index in [-0.39, 0.29) is 24.4 Å². The maximum absolute atomic E-state index is 11.7. The predicted octanol–water partition coefficient (Wildman–Crippen LogP) is 1.48. The fraction of sp³-hybridized carbons (Fsp3) is 0.769. The van der Waals surface area contributed by atoms with Crippen molar-refractivity contribution in [3.8, 4) is 0 Å².